The molecule has 0 aromatic carbocycles. The van der Waals surface area contributed by atoms with Crippen molar-refractivity contribution in [1.29, 1.82) is 0 Å². The molecular weight excluding hydrogens is 176 g/mol. The molecule has 0 aliphatic carbocycles. The van der Waals surface area contributed by atoms with Gasteiger partial charge in [0.05, 0.1) is 4.08 Å². The van der Waals surface area contributed by atoms with Crippen molar-refractivity contribution in [2.24, 2.45) is 0 Å². The molecule has 1 nitrogen and oxygen atoms in total. The molecule has 3 heteroatoms. The fourth-order valence-corrected chi connectivity index (χ4v) is 4.15. The molecule has 0 unspecified atom stereocenters. The Bertz CT molecular complexity index is 130. The standard InChI is InChI=1S/C8H14OS2/c1-8(4-2-3-5-9)10-6-7-11-8/h5H,2-4,6-7H2,1H3. The van der Waals surface area contributed by atoms with Crippen LogP contribution in [0, 0.1) is 0 Å². The highest BCUT2D eigenvalue weighted by molar-refractivity contribution is 8.21. The van der Waals surface area contributed by atoms with Gasteiger partial charge < -0.3 is 4.79 Å². The smallest absolute Gasteiger partial charge is 0.119 e. The summed E-state index contributed by atoms with van der Waals surface area (Å²) in [7, 11) is 0. The second kappa shape index (κ2) is 4.41. The van der Waals surface area contributed by atoms with E-state index in [0.29, 0.717) is 4.08 Å². The van der Waals surface area contributed by atoms with Crippen LogP contribution >= 0.6 is 23.5 Å². The van der Waals surface area contributed by atoms with Gasteiger partial charge in [-0.05, 0) is 19.8 Å². The Balaban J connectivity index is 2.17. The van der Waals surface area contributed by atoms with E-state index in [9.17, 15) is 4.79 Å². The molecule has 0 bridgehead atoms. The van der Waals surface area contributed by atoms with Gasteiger partial charge in [0, 0.05) is 17.9 Å². The molecule has 1 aliphatic heterocycles. The summed E-state index contributed by atoms with van der Waals surface area (Å²) < 4.78 is 0.420. The summed E-state index contributed by atoms with van der Waals surface area (Å²) in [5.74, 6) is 2.56. The first-order valence-electron chi connectivity index (χ1n) is 3.98. The molecular formula is C8H14OS2. The summed E-state index contributed by atoms with van der Waals surface area (Å²) in [6, 6.07) is 0. The van der Waals surface area contributed by atoms with Crippen LogP contribution in [0.4, 0.5) is 0 Å². The number of hydrogen-bond acceptors (Lipinski definition) is 3. The molecule has 1 rings (SSSR count). The molecule has 0 radical (unpaired) electrons. The van der Waals surface area contributed by atoms with Crippen molar-refractivity contribution < 1.29 is 4.79 Å². The first kappa shape index (κ1) is 9.46. The molecule has 1 fully saturated rings. The topological polar surface area (TPSA) is 17.1 Å². The zero-order valence-corrected chi connectivity index (χ0v) is 8.47. The molecule has 0 amide bonds. The minimum atomic E-state index is 0.420. The summed E-state index contributed by atoms with van der Waals surface area (Å²) in [5.41, 5.74) is 0. The Morgan fingerprint density at radius 3 is 2.64 bits per heavy atom. The van der Waals surface area contributed by atoms with E-state index in [0.717, 1.165) is 19.1 Å². The highest BCUT2D eigenvalue weighted by atomic mass is 32.2. The first-order valence-corrected chi connectivity index (χ1v) is 5.95. The Morgan fingerprint density at radius 1 is 1.45 bits per heavy atom. The normalized spacial score (nSPS) is 21.9. The van der Waals surface area contributed by atoms with E-state index in [-0.39, 0.29) is 0 Å². The van der Waals surface area contributed by atoms with Crippen LogP contribution in [-0.2, 0) is 4.79 Å². The van der Waals surface area contributed by atoms with Gasteiger partial charge in [-0.25, -0.2) is 0 Å². The van der Waals surface area contributed by atoms with Crippen molar-refractivity contribution in [2.45, 2.75) is 30.3 Å². The highest BCUT2D eigenvalue weighted by Crippen LogP contribution is 2.46. The van der Waals surface area contributed by atoms with Gasteiger partial charge in [0.2, 0.25) is 0 Å². The second-order valence-corrected chi connectivity index (χ2v) is 6.34. The summed E-state index contributed by atoms with van der Waals surface area (Å²) in [6.45, 7) is 2.29. The summed E-state index contributed by atoms with van der Waals surface area (Å²) in [5, 5.41) is 0. The van der Waals surface area contributed by atoms with Gasteiger partial charge in [-0.2, -0.15) is 0 Å². The molecule has 0 atom stereocenters. The van der Waals surface area contributed by atoms with E-state index in [4.69, 9.17) is 0 Å². The highest BCUT2D eigenvalue weighted by Gasteiger charge is 2.29. The SMILES string of the molecule is CC1(CCCC=O)SCCS1. The number of rotatable bonds is 4. The van der Waals surface area contributed by atoms with Crippen LogP contribution < -0.4 is 0 Å². The Morgan fingerprint density at radius 2 is 2.09 bits per heavy atom. The van der Waals surface area contributed by atoms with E-state index in [2.05, 4.69) is 6.92 Å². The number of carbonyl (C=O) groups excluding carboxylic acids is 1. The predicted molar refractivity (Wildman–Crippen MR) is 53.2 cm³/mol. The van der Waals surface area contributed by atoms with Crippen LogP contribution in [0.2, 0.25) is 0 Å². The zero-order chi connectivity index (χ0) is 8.16. The zero-order valence-electron chi connectivity index (χ0n) is 6.84. The Kier molecular flexibility index (Phi) is 3.79. The molecule has 1 heterocycles. The monoisotopic (exact) mass is 190 g/mol. The second-order valence-electron chi connectivity index (χ2n) is 2.89. The number of hydrogen-bond donors (Lipinski definition) is 0. The lowest BCUT2D eigenvalue weighted by Crippen LogP contribution is -2.10. The number of unbranched alkanes of at least 4 members (excludes halogenated alkanes) is 1. The van der Waals surface area contributed by atoms with Gasteiger partial charge >= 0.3 is 0 Å². The van der Waals surface area contributed by atoms with E-state index in [1.54, 1.807) is 0 Å². The minimum absolute atomic E-state index is 0.420. The summed E-state index contributed by atoms with van der Waals surface area (Å²) in [6.07, 6.45) is 3.99. The van der Waals surface area contributed by atoms with Gasteiger partial charge in [-0.15, -0.1) is 23.5 Å². The average Bonchev–Trinajstić information content (AvgIpc) is 2.38. The van der Waals surface area contributed by atoms with Crippen LogP contribution in [0.15, 0.2) is 0 Å². The maximum absolute atomic E-state index is 10.1. The van der Waals surface area contributed by atoms with E-state index in [1.165, 1.54) is 17.9 Å². The fraction of sp³-hybridized carbons (Fsp3) is 0.875. The van der Waals surface area contributed by atoms with Crippen molar-refractivity contribution in [3.8, 4) is 0 Å². The van der Waals surface area contributed by atoms with Crippen LogP contribution in [-0.4, -0.2) is 21.9 Å². The van der Waals surface area contributed by atoms with Crippen molar-refractivity contribution in [3.63, 3.8) is 0 Å². The van der Waals surface area contributed by atoms with Gasteiger partial charge in [0.25, 0.3) is 0 Å². The molecule has 11 heavy (non-hydrogen) atoms. The largest absolute Gasteiger partial charge is 0.303 e. The Hall–Kier alpha value is 0.370. The molecule has 0 aromatic heterocycles. The molecule has 1 saturated heterocycles. The van der Waals surface area contributed by atoms with E-state index < -0.39 is 0 Å². The van der Waals surface area contributed by atoms with E-state index >= 15 is 0 Å². The van der Waals surface area contributed by atoms with Gasteiger partial charge in [0.1, 0.15) is 6.29 Å². The summed E-state index contributed by atoms with van der Waals surface area (Å²) in [4.78, 5) is 10.1. The van der Waals surface area contributed by atoms with Crippen molar-refractivity contribution >= 4 is 29.8 Å². The minimum Gasteiger partial charge on any atom is -0.303 e. The molecule has 64 valence electrons. The van der Waals surface area contributed by atoms with Crippen molar-refractivity contribution in [3.05, 3.63) is 0 Å². The van der Waals surface area contributed by atoms with Crippen molar-refractivity contribution in [2.75, 3.05) is 11.5 Å². The molecule has 0 N–H and O–H groups in total. The van der Waals surface area contributed by atoms with Crippen molar-refractivity contribution in [1.82, 2.24) is 0 Å². The first-order chi connectivity index (χ1) is 5.27. The van der Waals surface area contributed by atoms with Crippen LogP contribution in [0.25, 0.3) is 0 Å². The maximum atomic E-state index is 10.1. The van der Waals surface area contributed by atoms with Gasteiger partial charge in [0.15, 0.2) is 0 Å². The number of thioether (sulfide) groups is 2. The van der Waals surface area contributed by atoms with Gasteiger partial charge in [-0.3, -0.25) is 0 Å². The Labute approximate surface area is 76.7 Å². The lowest BCUT2D eigenvalue weighted by atomic mass is 10.2. The number of carbonyl (C=O) groups is 1. The molecule has 0 aromatic rings. The lowest BCUT2D eigenvalue weighted by Gasteiger charge is -2.20. The van der Waals surface area contributed by atoms with Crippen LogP contribution in [0.1, 0.15) is 26.2 Å². The lowest BCUT2D eigenvalue weighted by molar-refractivity contribution is -0.107. The molecule has 0 saturated carbocycles. The fourth-order valence-electron chi connectivity index (χ4n) is 1.21. The molecule has 0 spiro atoms. The number of aldehydes is 1. The average molecular weight is 190 g/mol. The predicted octanol–water partition coefficient (Wildman–Crippen LogP) is 2.55. The van der Waals surface area contributed by atoms with Crippen LogP contribution in [0.3, 0.4) is 0 Å². The summed E-state index contributed by atoms with van der Waals surface area (Å²) >= 11 is 4.08. The third-order valence-electron chi connectivity index (χ3n) is 1.85. The van der Waals surface area contributed by atoms with Gasteiger partial charge in [-0.1, -0.05) is 0 Å². The molecule has 1 aliphatic rings. The van der Waals surface area contributed by atoms with Crippen LogP contribution in [0.5, 0.6) is 0 Å². The maximum Gasteiger partial charge on any atom is 0.119 e. The third kappa shape index (κ3) is 3.08. The quantitative estimate of drug-likeness (QED) is 0.501. The van der Waals surface area contributed by atoms with E-state index in [1.807, 2.05) is 23.5 Å². The third-order valence-corrected chi connectivity index (χ3v) is 5.26.